The molecule has 0 unspecified atom stereocenters. The van der Waals surface area contributed by atoms with Crippen LogP contribution in [0.15, 0.2) is 35.1 Å². The number of benzene rings is 1. The first-order valence-corrected chi connectivity index (χ1v) is 5.25. The van der Waals surface area contributed by atoms with Crippen molar-refractivity contribution in [1.82, 2.24) is 9.78 Å². The van der Waals surface area contributed by atoms with Crippen LogP contribution in [0.4, 0.5) is 17.1 Å². The lowest BCUT2D eigenvalue weighted by Crippen LogP contribution is -1.95. The number of nitrogen functional groups attached to an aromatic ring is 1. The van der Waals surface area contributed by atoms with Crippen molar-refractivity contribution < 1.29 is 0 Å². The highest BCUT2D eigenvalue weighted by Gasteiger charge is 2.01. The normalized spacial score (nSPS) is 10.3. The Kier molecular flexibility index (Phi) is 2.64. The molecule has 0 amide bonds. The zero-order chi connectivity index (χ0) is 10.8. The molecule has 2 aromatic rings. The molecule has 0 bridgehead atoms. The molecule has 0 atom stereocenters. The molecule has 0 spiro atoms. The van der Waals surface area contributed by atoms with Crippen LogP contribution < -0.4 is 11.1 Å². The zero-order valence-electron chi connectivity index (χ0n) is 8.24. The molecular formula is C10H11BrN4. The first-order valence-electron chi connectivity index (χ1n) is 4.46. The van der Waals surface area contributed by atoms with Gasteiger partial charge in [-0.2, -0.15) is 5.10 Å². The van der Waals surface area contributed by atoms with Crippen molar-refractivity contribution in [2.75, 3.05) is 11.1 Å². The van der Waals surface area contributed by atoms with Gasteiger partial charge in [0.1, 0.15) is 0 Å². The number of nitrogens with two attached hydrogens (primary N) is 1. The summed E-state index contributed by atoms with van der Waals surface area (Å²) in [5.74, 6) is 0. The molecule has 0 saturated heterocycles. The van der Waals surface area contributed by atoms with Gasteiger partial charge >= 0.3 is 0 Å². The molecule has 15 heavy (non-hydrogen) atoms. The maximum atomic E-state index is 5.86. The summed E-state index contributed by atoms with van der Waals surface area (Å²) in [5.41, 5.74) is 8.36. The number of halogens is 1. The van der Waals surface area contributed by atoms with Gasteiger partial charge in [0.05, 0.1) is 23.3 Å². The highest BCUT2D eigenvalue weighted by molar-refractivity contribution is 9.10. The van der Waals surface area contributed by atoms with Crippen molar-refractivity contribution in [3.8, 4) is 0 Å². The molecule has 1 aromatic carbocycles. The molecule has 0 saturated carbocycles. The predicted molar refractivity (Wildman–Crippen MR) is 65.0 cm³/mol. The van der Waals surface area contributed by atoms with Crippen molar-refractivity contribution in [2.45, 2.75) is 0 Å². The van der Waals surface area contributed by atoms with E-state index < -0.39 is 0 Å². The minimum absolute atomic E-state index is 0.702. The fourth-order valence-electron chi connectivity index (χ4n) is 1.29. The third-order valence-electron chi connectivity index (χ3n) is 2.00. The summed E-state index contributed by atoms with van der Waals surface area (Å²) in [7, 11) is 1.87. The molecule has 0 fully saturated rings. The molecule has 78 valence electrons. The number of aryl methyl sites for hydroxylation is 1. The van der Waals surface area contributed by atoms with E-state index in [-0.39, 0.29) is 0 Å². The lowest BCUT2D eigenvalue weighted by molar-refractivity contribution is 0.768. The number of rotatable bonds is 2. The van der Waals surface area contributed by atoms with Crippen LogP contribution in [0.1, 0.15) is 0 Å². The van der Waals surface area contributed by atoms with Crippen LogP contribution in [0.25, 0.3) is 0 Å². The van der Waals surface area contributed by atoms with Gasteiger partial charge in [0.25, 0.3) is 0 Å². The maximum Gasteiger partial charge on any atom is 0.0770 e. The molecule has 0 radical (unpaired) electrons. The number of hydrogen-bond acceptors (Lipinski definition) is 3. The fourth-order valence-corrected chi connectivity index (χ4v) is 1.67. The summed E-state index contributed by atoms with van der Waals surface area (Å²) in [4.78, 5) is 0. The van der Waals surface area contributed by atoms with Crippen LogP contribution in [0.3, 0.4) is 0 Å². The summed E-state index contributed by atoms with van der Waals surface area (Å²) in [5, 5.41) is 7.26. The van der Waals surface area contributed by atoms with Crippen LogP contribution in [0.2, 0.25) is 0 Å². The number of nitrogens with zero attached hydrogens (tertiary/aromatic N) is 2. The Morgan fingerprint density at radius 1 is 1.47 bits per heavy atom. The van der Waals surface area contributed by atoms with Crippen molar-refractivity contribution in [1.29, 1.82) is 0 Å². The van der Waals surface area contributed by atoms with Gasteiger partial charge in [-0.15, -0.1) is 0 Å². The number of nitrogens with one attached hydrogen (secondary N) is 1. The van der Waals surface area contributed by atoms with E-state index in [1.54, 1.807) is 10.9 Å². The first-order chi connectivity index (χ1) is 7.15. The lowest BCUT2D eigenvalue weighted by atomic mass is 10.2. The van der Waals surface area contributed by atoms with Crippen LogP contribution in [-0.2, 0) is 7.05 Å². The first kappa shape index (κ1) is 10.0. The minimum Gasteiger partial charge on any atom is -0.397 e. The third-order valence-corrected chi connectivity index (χ3v) is 2.49. The molecule has 1 aromatic heterocycles. The van der Waals surface area contributed by atoms with E-state index in [4.69, 9.17) is 5.73 Å². The second-order valence-electron chi connectivity index (χ2n) is 3.26. The van der Waals surface area contributed by atoms with E-state index in [0.717, 1.165) is 15.8 Å². The maximum absolute atomic E-state index is 5.86. The van der Waals surface area contributed by atoms with Gasteiger partial charge in [-0.05, 0) is 18.2 Å². The summed E-state index contributed by atoms with van der Waals surface area (Å²) < 4.78 is 2.70. The molecule has 4 nitrogen and oxygen atoms in total. The number of aromatic nitrogens is 2. The van der Waals surface area contributed by atoms with Crippen LogP contribution in [-0.4, -0.2) is 9.78 Å². The number of hydrogen-bond donors (Lipinski definition) is 2. The Morgan fingerprint density at radius 3 is 2.87 bits per heavy atom. The van der Waals surface area contributed by atoms with Gasteiger partial charge in [-0.3, -0.25) is 4.68 Å². The largest absolute Gasteiger partial charge is 0.397 e. The Labute approximate surface area is 96.2 Å². The Morgan fingerprint density at radius 2 is 2.27 bits per heavy atom. The van der Waals surface area contributed by atoms with Gasteiger partial charge < -0.3 is 11.1 Å². The average molecular weight is 267 g/mol. The van der Waals surface area contributed by atoms with E-state index in [1.165, 1.54) is 0 Å². The molecule has 0 aliphatic heterocycles. The summed E-state index contributed by atoms with van der Waals surface area (Å²) >= 11 is 3.36. The van der Waals surface area contributed by atoms with E-state index in [9.17, 15) is 0 Å². The minimum atomic E-state index is 0.702. The van der Waals surface area contributed by atoms with Crippen molar-refractivity contribution in [2.24, 2.45) is 7.05 Å². The predicted octanol–water partition coefficient (Wildman–Crippen LogP) is 2.51. The van der Waals surface area contributed by atoms with Gasteiger partial charge in [-0.25, -0.2) is 0 Å². The molecule has 3 N–H and O–H groups in total. The Hall–Kier alpha value is -1.49. The van der Waals surface area contributed by atoms with Gasteiger partial charge in [0.15, 0.2) is 0 Å². The summed E-state index contributed by atoms with van der Waals surface area (Å²) in [6.07, 6.45) is 3.64. The van der Waals surface area contributed by atoms with Gasteiger partial charge in [0.2, 0.25) is 0 Å². The molecular weight excluding hydrogens is 256 g/mol. The molecule has 5 heteroatoms. The molecule has 0 aliphatic carbocycles. The Bertz CT molecular complexity index is 478. The Balaban J connectivity index is 2.24. The highest BCUT2D eigenvalue weighted by Crippen LogP contribution is 2.25. The lowest BCUT2D eigenvalue weighted by Gasteiger charge is -2.06. The second kappa shape index (κ2) is 3.94. The SMILES string of the molecule is Cn1cc(Nc2ccc(Br)cc2N)cn1. The van der Waals surface area contributed by atoms with Crippen LogP contribution in [0.5, 0.6) is 0 Å². The van der Waals surface area contributed by atoms with E-state index in [2.05, 4.69) is 26.3 Å². The van der Waals surface area contributed by atoms with E-state index >= 15 is 0 Å². The highest BCUT2D eigenvalue weighted by atomic mass is 79.9. The third kappa shape index (κ3) is 2.30. The summed E-state index contributed by atoms with van der Waals surface area (Å²) in [6, 6.07) is 5.72. The van der Waals surface area contributed by atoms with Crippen LogP contribution in [0, 0.1) is 0 Å². The zero-order valence-corrected chi connectivity index (χ0v) is 9.82. The van der Waals surface area contributed by atoms with Crippen LogP contribution >= 0.6 is 15.9 Å². The standard InChI is InChI=1S/C10H11BrN4/c1-15-6-8(5-13-15)14-10-3-2-7(11)4-9(10)12/h2-6,14H,12H2,1H3. The van der Waals surface area contributed by atoms with Crippen molar-refractivity contribution >= 4 is 33.0 Å². The van der Waals surface area contributed by atoms with Gasteiger partial charge in [0, 0.05) is 17.7 Å². The quantitative estimate of drug-likeness (QED) is 0.822. The number of anilines is 3. The second-order valence-corrected chi connectivity index (χ2v) is 4.17. The fraction of sp³-hybridized carbons (Fsp3) is 0.100. The molecule has 0 aliphatic rings. The topological polar surface area (TPSA) is 55.9 Å². The molecule has 2 rings (SSSR count). The average Bonchev–Trinajstić information content (AvgIpc) is 2.56. The van der Waals surface area contributed by atoms with E-state index in [0.29, 0.717) is 5.69 Å². The van der Waals surface area contributed by atoms with E-state index in [1.807, 2.05) is 31.4 Å². The van der Waals surface area contributed by atoms with Crippen molar-refractivity contribution in [3.05, 3.63) is 35.1 Å². The molecule has 1 heterocycles. The summed E-state index contributed by atoms with van der Waals surface area (Å²) in [6.45, 7) is 0. The van der Waals surface area contributed by atoms with Crippen molar-refractivity contribution in [3.63, 3.8) is 0 Å². The monoisotopic (exact) mass is 266 g/mol. The van der Waals surface area contributed by atoms with Gasteiger partial charge in [-0.1, -0.05) is 15.9 Å². The smallest absolute Gasteiger partial charge is 0.0770 e.